The third kappa shape index (κ3) is 4.52. The van der Waals surface area contributed by atoms with E-state index in [9.17, 15) is 13.2 Å². The van der Waals surface area contributed by atoms with E-state index >= 15 is 0 Å². The first kappa shape index (κ1) is 20.3. The molecule has 1 saturated carbocycles. The molecule has 0 atom stereocenters. The van der Waals surface area contributed by atoms with Crippen molar-refractivity contribution in [1.29, 1.82) is 0 Å². The van der Waals surface area contributed by atoms with Crippen LogP contribution in [0.4, 0.5) is 0 Å². The van der Waals surface area contributed by atoms with Gasteiger partial charge in [-0.2, -0.15) is 4.31 Å². The summed E-state index contributed by atoms with van der Waals surface area (Å²) in [6, 6.07) is 7.42. The van der Waals surface area contributed by atoms with Gasteiger partial charge in [0, 0.05) is 26.2 Å². The van der Waals surface area contributed by atoms with Crippen LogP contribution in [0.2, 0.25) is 0 Å². The molecule has 0 spiro atoms. The maximum absolute atomic E-state index is 12.9. The maximum atomic E-state index is 12.9. The number of sulfonamides is 1. The molecule has 6 nitrogen and oxygen atoms in total. The summed E-state index contributed by atoms with van der Waals surface area (Å²) in [6.07, 6.45) is 6.21. The highest BCUT2D eigenvalue weighted by Crippen LogP contribution is 2.33. The number of nitrogens with zero attached hydrogens (tertiary/aromatic N) is 2. The van der Waals surface area contributed by atoms with E-state index in [4.69, 9.17) is 5.73 Å². The van der Waals surface area contributed by atoms with Crippen molar-refractivity contribution in [3.8, 4) is 0 Å². The second kappa shape index (κ2) is 7.89. The van der Waals surface area contributed by atoms with Crippen molar-refractivity contribution in [3.05, 3.63) is 29.8 Å². The molecule has 1 aromatic rings. The first-order chi connectivity index (χ1) is 12.7. The Labute approximate surface area is 162 Å². The summed E-state index contributed by atoms with van der Waals surface area (Å²) in [7, 11) is -3.53. The van der Waals surface area contributed by atoms with E-state index < -0.39 is 15.6 Å². The van der Waals surface area contributed by atoms with Crippen molar-refractivity contribution in [2.45, 2.75) is 62.3 Å². The van der Waals surface area contributed by atoms with Crippen molar-refractivity contribution in [2.24, 2.45) is 5.73 Å². The smallest absolute Gasteiger partial charge is 0.243 e. The fourth-order valence-corrected chi connectivity index (χ4v) is 5.46. The predicted octanol–water partition coefficient (Wildman–Crippen LogP) is 2.30. The molecule has 2 N–H and O–H groups in total. The lowest BCUT2D eigenvalue weighted by Crippen LogP contribution is -2.57. The third-order valence-corrected chi connectivity index (χ3v) is 7.58. The van der Waals surface area contributed by atoms with E-state index in [0.717, 1.165) is 0 Å². The Morgan fingerprint density at radius 2 is 1.56 bits per heavy atom. The van der Waals surface area contributed by atoms with Crippen LogP contribution < -0.4 is 5.73 Å². The zero-order valence-electron chi connectivity index (χ0n) is 16.4. The molecule has 3 rings (SSSR count). The summed E-state index contributed by atoms with van der Waals surface area (Å²) < 4.78 is 27.4. The minimum Gasteiger partial charge on any atom is -0.338 e. The second-order valence-corrected chi connectivity index (χ2v) is 10.3. The van der Waals surface area contributed by atoms with Crippen molar-refractivity contribution in [3.63, 3.8) is 0 Å². The predicted molar refractivity (Wildman–Crippen MR) is 106 cm³/mol. The SMILES string of the molecule is CC(C)(N)C(=O)N1CCN(S(=O)(=O)c2ccc(C3CCCCC3)cc2)CC1. The van der Waals surface area contributed by atoms with Crippen molar-refractivity contribution in [1.82, 2.24) is 9.21 Å². The van der Waals surface area contributed by atoms with Crippen LogP contribution in [0.25, 0.3) is 0 Å². The standard InChI is InChI=1S/C20H31N3O3S/c1-20(2,21)19(24)22-12-14-23(15-13-22)27(25,26)18-10-8-17(9-11-18)16-6-4-3-5-7-16/h8-11,16H,3-7,12-15,21H2,1-2H3. The number of rotatable bonds is 4. The third-order valence-electron chi connectivity index (χ3n) is 5.67. The Balaban J connectivity index is 1.65. The van der Waals surface area contributed by atoms with Gasteiger partial charge in [0.15, 0.2) is 0 Å². The number of nitrogens with two attached hydrogens (primary N) is 1. The molecule has 1 aliphatic heterocycles. The van der Waals surface area contributed by atoms with Crippen molar-refractivity contribution in [2.75, 3.05) is 26.2 Å². The van der Waals surface area contributed by atoms with E-state index in [-0.39, 0.29) is 5.91 Å². The number of benzene rings is 1. The molecule has 27 heavy (non-hydrogen) atoms. The van der Waals surface area contributed by atoms with E-state index in [2.05, 4.69) is 0 Å². The molecule has 1 saturated heterocycles. The van der Waals surface area contributed by atoms with E-state index in [1.807, 2.05) is 12.1 Å². The highest BCUT2D eigenvalue weighted by atomic mass is 32.2. The molecule has 2 fully saturated rings. The zero-order chi connectivity index (χ0) is 19.7. The maximum Gasteiger partial charge on any atom is 0.243 e. The molecular weight excluding hydrogens is 362 g/mol. The number of amides is 1. The number of hydrogen-bond donors (Lipinski definition) is 1. The average Bonchev–Trinajstić information content (AvgIpc) is 2.67. The topological polar surface area (TPSA) is 83.7 Å². The van der Waals surface area contributed by atoms with Gasteiger partial charge >= 0.3 is 0 Å². The van der Waals surface area contributed by atoms with Gasteiger partial charge in [-0.05, 0) is 50.3 Å². The van der Waals surface area contributed by atoms with Gasteiger partial charge in [0.25, 0.3) is 0 Å². The van der Waals surface area contributed by atoms with Gasteiger partial charge in [-0.3, -0.25) is 4.79 Å². The van der Waals surface area contributed by atoms with Gasteiger partial charge in [0.1, 0.15) is 0 Å². The van der Waals surface area contributed by atoms with Gasteiger partial charge < -0.3 is 10.6 Å². The van der Waals surface area contributed by atoms with E-state index in [0.29, 0.717) is 37.0 Å². The molecule has 1 heterocycles. The first-order valence-electron chi connectivity index (χ1n) is 9.88. The minimum absolute atomic E-state index is 0.142. The fourth-order valence-electron chi connectivity index (χ4n) is 4.04. The van der Waals surface area contributed by atoms with Crippen LogP contribution in [0.15, 0.2) is 29.2 Å². The lowest BCUT2D eigenvalue weighted by atomic mass is 9.84. The monoisotopic (exact) mass is 393 g/mol. The molecule has 150 valence electrons. The normalized spacial score (nSPS) is 20.6. The summed E-state index contributed by atoms with van der Waals surface area (Å²) in [5, 5.41) is 0. The fraction of sp³-hybridized carbons (Fsp3) is 0.650. The van der Waals surface area contributed by atoms with Crippen molar-refractivity contribution >= 4 is 15.9 Å². The summed E-state index contributed by atoms with van der Waals surface area (Å²) in [5.74, 6) is 0.418. The highest BCUT2D eigenvalue weighted by molar-refractivity contribution is 7.89. The van der Waals surface area contributed by atoms with Crippen LogP contribution in [0, 0.1) is 0 Å². The lowest BCUT2D eigenvalue weighted by Gasteiger charge is -2.36. The van der Waals surface area contributed by atoms with E-state index in [1.54, 1.807) is 30.9 Å². The molecule has 1 aromatic carbocycles. The number of hydrogen-bond acceptors (Lipinski definition) is 4. The van der Waals surface area contributed by atoms with Crippen LogP contribution in [0.1, 0.15) is 57.4 Å². The van der Waals surface area contributed by atoms with Gasteiger partial charge in [-0.1, -0.05) is 31.4 Å². The lowest BCUT2D eigenvalue weighted by molar-refractivity contribution is -0.137. The van der Waals surface area contributed by atoms with Gasteiger partial charge in [-0.15, -0.1) is 0 Å². The van der Waals surface area contributed by atoms with Crippen LogP contribution in [-0.2, 0) is 14.8 Å². The Bertz CT molecular complexity index is 755. The Morgan fingerprint density at radius 3 is 2.07 bits per heavy atom. The average molecular weight is 394 g/mol. The van der Waals surface area contributed by atoms with Crippen LogP contribution in [0.3, 0.4) is 0 Å². The molecule has 0 unspecified atom stereocenters. The highest BCUT2D eigenvalue weighted by Gasteiger charge is 2.34. The molecule has 0 bridgehead atoms. The molecule has 7 heteroatoms. The Morgan fingerprint density at radius 1 is 1.00 bits per heavy atom. The quantitative estimate of drug-likeness (QED) is 0.851. The Hall–Kier alpha value is -1.44. The molecule has 0 radical (unpaired) electrons. The van der Waals surface area contributed by atoms with Gasteiger partial charge in [0.2, 0.25) is 15.9 Å². The summed E-state index contributed by atoms with van der Waals surface area (Å²) in [5.41, 5.74) is 6.18. The molecule has 1 aliphatic carbocycles. The van der Waals surface area contributed by atoms with Crippen molar-refractivity contribution < 1.29 is 13.2 Å². The molecule has 0 aromatic heterocycles. The van der Waals surface area contributed by atoms with Crippen LogP contribution in [-0.4, -0.2) is 55.2 Å². The zero-order valence-corrected chi connectivity index (χ0v) is 17.2. The largest absolute Gasteiger partial charge is 0.338 e. The second-order valence-electron chi connectivity index (χ2n) is 8.32. The molecular formula is C20H31N3O3S. The number of carbonyl (C=O) groups excluding carboxylic acids is 1. The van der Waals surface area contributed by atoms with Crippen LogP contribution >= 0.6 is 0 Å². The van der Waals surface area contributed by atoms with Gasteiger partial charge in [0.05, 0.1) is 10.4 Å². The first-order valence-corrected chi connectivity index (χ1v) is 11.3. The summed E-state index contributed by atoms with van der Waals surface area (Å²) >= 11 is 0. The number of piperazine rings is 1. The summed E-state index contributed by atoms with van der Waals surface area (Å²) in [6.45, 7) is 4.69. The summed E-state index contributed by atoms with van der Waals surface area (Å²) in [4.78, 5) is 14.3. The van der Waals surface area contributed by atoms with Gasteiger partial charge in [-0.25, -0.2) is 8.42 Å². The molecule has 1 amide bonds. The molecule has 2 aliphatic rings. The Kier molecular flexibility index (Phi) is 5.93. The van der Waals surface area contributed by atoms with E-state index in [1.165, 1.54) is 42.0 Å². The van der Waals surface area contributed by atoms with Crippen LogP contribution in [0.5, 0.6) is 0 Å². The number of carbonyl (C=O) groups is 1. The minimum atomic E-state index is -3.53.